The summed E-state index contributed by atoms with van der Waals surface area (Å²) in [5, 5.41) is 2.79. The first-order valence-corrected chi connectivity index (χ1v) is 7.49. The van der Waals surface area contributed by atoms with Crippen LogP contribution >= 0.6 is 0 Å². The van der Waals surface area contributed by atoms with Crippen molar-refractivity contribution < 1.29 is 0 Å². The number of hydrogen-bond donors (Lipinski definition) is 1. The molecule has 100 valence electrons. The minimum atomic E-state index is 0.375. The van der Waals surface area contributed by atoms with E-state index in [-0.39, 0.29) is 0 Å². The van der Waals surface area contributed by atoms with Gasteiger partial charge in [0.05, 0.1) is 0 Å². The molecular formula is C19H19N. The molecule has 3 aliphatic carbocycles. The van der Waals surface area contributed by atoms with Gasteiger partial charge in [0.1, 0.15) is 0 Å². The Morgan fingerprint density at radius 1 is 1.15 bits per heavy atom. The first kappa shape index (κ1) is 11.9. The lowest BCUT2D eigenvalue weighted by atomic mass is 9.83. The highest BCUT2D eigenvalue weighted by molar-refractivity contribution is 5.82. The second-order valence-corrected chi connectivity index (χ2v) is 5.82. The van der Waals surface area contributed by atoms with Crippen molar-refractivity contribution in [3.8, 4) is 0 Å². The Kier molecular flexibility index (Phi) is 2.75. The number of rotatable bonds is 1. The van der Waals surface area contributed by atoms with Crippen LogP contribution in [-0.4, -0.2) is 6.54 Å². The largest absolute Gasteiger partial charge is 0.330 e. The molecule has 4 rings (SSSR count). The number of hydrogen-bond acceptors (Lipinski definition) is 1. The Labute approximate surface area is 119 Å². The molecule has 1 heteroatoms. The quantitative estimate of drug-likeness (QED) is 0.825. The van der Waals surface area contributed by atoms with Crippen LogP contribution < -0.4 is 16.2 Å². The van der Waals surface area contributed by atoms with E-state index in [4.69, 9.17) is 5.73 Å². The lowest BCUT2D eigenvalue weighted by Gasteiger charge is -2.21. The second kappa shape index (κ2) is 4.60. The average molecular weight is 261 g/mol. The molecule has 2 N–H and O–H groups in total. The van der Waals surface area contributed by atoms with E-state index in [2.05, 4.69) is 48.6 Å². The van der Waals surface area contributed by atoms with Gasteiger partial charge >= 0.3 is 0 Å². The average Bonchev–Trinajstić information content (AvgIpc) is 2.53. The number of fused-ring (bicyclic) bond motifs is 4. The van der Waals surface area contributed by atoms with Gasteiger partial charge in [-0.05, 0) is 46.4 Å². The summed E-state index contributed by atoms with van der Waals surface area (Å²) in [6.45, 7) is 0.688. The first-order valence-electron chi connectivity index (χ1n) is 7.49. The molecule has 0 saturated carbocycles. The summed E-state index contributed by atoms with van der Waals surface area (Å²) in [7, 11) is 0. The van der Waals surface area contributed by atoms with E-state index in [9.17, 15) is 0 Å². The molecular weight excluding hydrogens is 242 g/mol. The van der Waals surface area contributed by atoms with Gasteiger partial charge in [-0.25, -0.2) is 0 Å². The molecule has 0 aliphatic heterocycles. The first-order chi connectivity index (χ1) is 9.86. The van der Waals surface area contributed by atoms with Crippen LogP contribution in [0.4, 0.5) is 0 Å². The zero-order valence-electron chi connectivity index (χ0n) is 11.6. The van der Waals surface area contributed by atoms with Gasteiger partial charge in [0.15, 0.2) is 0 Å². The van der Waals surface area contributed by atoms with Crippen LogP contribution in [0, 0.1) is 5.92 Å². The Bertz CT molecular complexity index is 775. The second-order valence-electron chi connectivity index (χ2n) is 5.82. The minimum Gasteiger partial charge on any atom is -0.330 e. The molecule has 1 unspecified atom stereocenters. The molecule has 1 atom stereocenters. The van der Waals surface area contributed by atoms with E-state index in [1.807, 2.05) is 0 Å². The van der Waals surface area contributed by atoms with Crippen molar-refractivity contribution in [1.82, 2.24) is 0 Å². The zero-order valence-corrected chi connectivity index (χ0v) is 11.6. The molecule has 1 aromatic carbocycles. The van der Waals surface area contributed by atoms with Crippen LogP contribution in [-0.2, 0) is 0 Å². The molecule has 20 heavy (non-hydrogen) atoms. The zero-order chi connectivity index (χ0) is 13.5. The van der Waals surface area contributed by atoms with E-state index in [0.717, 1.165) is 6.42 Å². The number of nitrogens with two attached hydrogens (primary N) is 1. The maximum absolute atomic E-state index is 5.83. The van der Waals surface area contributed by atoms with Crippen LogP contribution in [0.1, 0.15) is 30.4 Å². The molecule has 0 spiro atoms. The third-order valence-corrected chi connectivity index (χ3v) is 4.62. The van der Waals surface area contributed by atoms with Gasteiger partial charge in [-0.15, -0.1) is 0 Å². The number of allylic oxidation sites excluding steroid dienone is 4. The Morgan fingerprint density at radius 3 is 3.00 bits per heavy atom. The minimum absolute atomic E-state index is 0.375. The van der Waals surface area contributed by atoms with Crippen LogP contribution in [0.3, 0.4) is 0 Å². The van der Waals surface area contributed by atoms with E-state index in [1.54, 1.807) is 5.57 Å². The fourth-order valence-electron chi connectivity index (χ4n) is 3.51. The predicted octanol–water partition coefficient (Wildman–Crippen LogP) is 2.36. The highest BCUT2D eigenvalue weighted by Crippen LogP contribution is 2.30. The smallest absolute Gasteiger partial charge is 0.00822 e. The fourth-order valence-corrected chi connectivity index (χ4v) is 3.51. The van der Waals surface area contributed by atoms with Crippen molar-refractivity contribution >= 4 is 23.8 Å². The van der Waals surface area contributed by atoms with Crippen molar-refractivity contribution in [3.05, 3.63) is 57.5 Å². The van der Waals surface area contributed by atoms with Crippen LogP contribution in [0.15, 0.2) is 35.9 Å². The lowest BCUT2D eigenvalue weighted by molar-refractivity contribution is 0.857. The van der Waals surface area contributed by atoms with Gasteiger partial charge in [0.2, 0.25) is 0 Å². The molecule has 3 aliphatic rings. The third kappa shape index (κ3) is 1.74. The van der Waals surface area contributed by atoms with Crippen molar-refractivity contribution in [1.29, 1.82) is 0 Å². The maximum atomic E-state index is 5.83. The van der Waals surface area contributed by atoms with E-state index < -0.39 is 0 Å². The van der Waals surface area contributed by atoms with Crippen LogP contribution in [0.2, 0.25) is 0 Å². The topological polar surface area (TPSA) is 26.0 Å². The summed E-state index contributed by atoms with van der Waals surface area (Å²) in [4.78, 5) is 0. The lowest BCUT2D eigenvalue weighted by Crippen LogP contribution is -2.35. The Balaban J connectivity index is 1.99. The molecule has 1 aromatic rings. The molecule has 0 radical (unpaired) electrons. The summed E-state index contributed by atoms with van der Waals surface area (Å²) >= 11 is 0. The summed E-state index contributed by atoms with van der Waals surface area (Å²) in [5.74, 6) is 0.375. The number of benzene rings is 1. The summed E-state index contributed by atoms with van der Waals surface area (Å²) in [6, 6.07) is 4.54. The van der Waals surface area contributed by atoms with Crippen molar-refractivity contribution in [2.24, 2.45) is 11.7 Å². The van der Waals surface area contributed by atoms with E-state index in [0.29, 0.717) is 12.5 Å². The van der Waals surface area contributed by atoms with Crippen LogP contribution in [0.25, 0.3) is 23.8 Å². The van der Waals surface area contributed by atoms with E-state index >= 15 is 0 Å². The summed E-state index contributed by atoms with van der Waals surface area (Å²) in [6.07, 6.45) is 17.3. The predicted molar refractivity (Wildman–Crippen MR) is 86.1 cm³/mol. The van der Waals surface area contributed by atoms with Gasteiger partial charge in [-0.2, -0.15) is 0 Å². The third-order valence-electron chi connectivity index (χ3n) is 4.62. The fraction of sp³-hybridized carbons (Fsp3) is 0.263. The van der Waals surface area contributed by atoms with Gasteiger partial charge < -0.3 is 5.73 Å². The molecule has 0 heterocycles. The maximum Gasteiger partial charge on any atom is 0.00822 e. The monoisotopic (exact) mass is 261 g/mol. The van der Waals surface area contributed by atoms with Gasteiger partial charge in [-0.1, -0.05) is 54.2 Å². The molecule has 0 amide bonds. The molecule has 1 nitrogen and oxygen atoms in total. The van der Waals surface area contributed by atoms with Gasteiger partial charge in [-0.3, -0.25) is 0 Å². The Hall–Kier alpha value is -1.86. The van der Waals surface area contributed by atoms with Crippen molar-refractivity contribution in [3.63, 3.8) is 0 Å². The molecule has 0 bridgehead atoms. The molecule has 0 fully saturated rings. The van der Waals surface area contributed by atoms with Crippen LogP contribution in [0.5, 0.6) is 0 Å². The highest BCUT2D eigenvalue weighted by Gasteiger charge is 2.16. The normalized spacial score (nSPS) is 22.6. The molecule has 0 aromatic heterocycles. The van der Waals surface area contributed by atoms with Crippen molar-refractivity contribution in [2.45, 2.75) is 19.3 Å². The standard InChI is InChI=1S/C19H19N/c20-12-13-5-6-15-8-9-17-16-4-2-1-3-14(16)7-10-18(17)19(15)11-13/h2,4-6,8-11,13H,1,3,7,12,20H2. The summed E-state index contributed by atoms with van der Waals surface area (Å²) in [5.41, 5.74) is 11.6. The molecule has 0 saturated heterocycles. The SMILES string of the molecule is NCC1C=Cc2ccc3c(c2=C1)=CCC1=C3C=CCC1. The van der Waals surface area contributed by atoms with E-state index in [1.165, 1.54) is 40.0 Å². The highest BCUT2D eigenvalue weighted by atomic mass is 14.5. The van der Waals surface area contributed by atoms with Crippen molar-refractivity contribution in [2.75, 3.05) is 6.54 Å². The van der Waals surface area contributed by atoms with Gasteiger partial charge in [0, 0.05) is 12.5 Å². The Morgan fingerprint density at radius 2 is 2.10 bits per heavy atom. The summed E-state index contributed by atoms with van der Waals surface area (Å²) < 4.78 is 0. The van der Waals surface area contributed by atoms with Gasteiger partial charge in [0.25, 0.3) is 0 Å².